The Bertz CT molecular complexity index is 672. The number of anilines is 1. The highest BCUT2D eigenvalue weighted by Gasteiger charge is 2.19. The minimum absolute atomic E-state index is 0.367. The third kappa shape index (κ3) is 2.73. The van der Waals surface area contributed by atoms with E-state index in [1.165, 1.54) is 11.3 Å². The molecule has 0 bridgehead atoms. The molecule has 0 atom stereocenters. The van der Waals surface area contributed by atoms with Crippen molar-refractivity contribution in [2.45, 2.75) is 25.7 Å². The first kappa shape index (κ1) is 13.1. The van der Waals surface area contributed by atoms with Gasteiger partial charge in [0.2, 0.25) is 0 Å². The lowest BCUT2D eigenvalue weighted by atomic mass is 10.2. The fourth-order valence-corrected chi connectivity index (χ4v) is 4.40. The Labute approximate surface area is 112 Å². The summed E-state index contributed by atoms with van der Waals surface area (Å²) in [6, 6.07) is 9.03. The third-order valence-electron chi connectivity index (χ3n) is 2.56. The highest BCUT2D eigenvalue weighted by molar-refractivity contribution is 7.93. The zero-order valence-corrected chi connectivity index (χ0v) is 12.2. The first-order valence-corrected chi connectivity index (χ1v) is 7.85. The molecule has 2 rings (SSSR count). The SMILES string of the molecule is Cc1cccc(NS(=O)(=O)c2cc(C)sc2C)c1. The van der Waals surface area contributed by atoms with E-state index in [1.54, 1.807) is 12.1 Å². The lowest BCUT2D eigenvalue weighted by molar-refractivity contribution is 0.601. The number of hydrogen-bond donors (Lipinski definition) is 1. The van der Waals surface area contributed by atoms with Crippen molar-refractivity contribution in [2.75, 3.05) is 4.72 Å². The van der Waals surface area contributed by atoms with E-state index in [1.807, 2.05) is 39.0 Å². The quantitative estimate of drug-likeness (QED) is 0.936. The van der Waals surface area contributed by atoms with Crippen molar-refractivity contribution < 1.29 is 8.42 Å². The van der Waals surface area contributed by atoms with Crippen molar-refractivity contribution in [3.63, 3.8) is 0 Å². The smallest absolute Gasteiger partial charge is 0.262 e. The Morgan fingerprint density at radius 1 is 1.11 bits per heavy atom. The van der Waals surface area contributed by atoms with Gasteiger partial charge in [-0.15, -0.1) is 11.3 Å². The van der Waals surface area contributed by atoms with Crippen molar-refractivity contribution in [1.82, 2.24) is 0 Å². The molecule has 1 aromatic carbocycles. The van der Waals surface area contributed by atoms with E-state index >= 15 is 0 Å². The van der Waals surface area contributed by atoms with Crippen LogP contribution in [0.1, 0.15) is 15.3 Å². The van der Waals surface area contributed by atoms with E-state index in [0.717, 1.165) is 15.3 Å². The Morgan fingerprint density at radius 2 is 1.83 bits per heavy atom. The molecular formula is C13H15NO2S2. The monoisotopic (exact) mass is 281 g/mol. The molecule has 96 valence electrons. The second-order valence-electron chi connectivity index (χ2n) is 4.25. The molecule has 0 aliphatic rings. The van der Waals surface area contributed by atoms with Gasteiger partial charge in [-0.05, 0) is 44.5 Å². The zero-order valence-electron chi connectivity index (χ0n) is 10.5. The maximum atomic E-state index is 12.2. The fraction of sp³-hybridized carbons (Fsp3) is 0.231. The molecule has 1 aromatic heterocycles. The normalized spacial score (nSPS) is 11.5. The average Bonchev–Trinajstić information content (AvgIpc) is 2.58. The van der Waals surface area contributed by atoms with Gasteiger partial charge >= 0.3 is 0 Å². The Hall–Kier alpha value is -1.33. The first-order chi connectivity index (χ1) is 8.38. The van der Waals surface area contributed by atoms with E-state index in [0.29, 0.717) is 10.6 Å². The van der Waals surface area contributed by atoms with Crippen molar-refractivity contribution in [1.29, 1.82) is 0 Å². The molecular weight excluding hydrogens is 266 g/mol. The molecule has 0 radical (unpaired) electrons. The maximum absolute atomic E-state index is 12.2. The topological polar surface area (TPSA) is 46.2 Å². The molecule has 0 unspecified atom stereocenters. The van der Waals surface area contributed by atoms with Crippen LogP contribution in [0.2, 0.25) is 0 Å². The molecule has 0 saturated heterocycles. The van der Waals surface area contributed by atoms with E-state index < -0.39 is 10.0 Å². The van der Waals surface area contributed by atoms with Crippen molar-refractivity contribution in [3.05, 3.63) is 45.6 Å². The van der Waals surface area contributed by atoms with Gasteiger partial charge in [-0.2, -0.15) is 0 Å². The standard InChI is InChI=1S/C13H15NO2S2/c1-9-5-4-6-12(7-9)14-18(15,16)13-8-10(2)17-11(13)3/h4-8,14H,1-3H3. The lowest BCUT2D eigenvalue weighted by Crippen LogP contribution is -2.13. The Kier molecular flexibility index (Phi) is 3.45. The molecule has 0 spiro atoms. The number of nitrogens with one attached hydrogen (secondary N) is 1. The minimum atomic E-state index is -3.48. The summed E-state index contributed by atoms with van der Waals surface area (Å²) in [7, 11) is -3.48. The summed E-state index contributed by atoms with van der Waals surface area (Å²) >= 11 is 1.49. The minimum Gasteiger partial charge on any atom is -0.280 e. The summed E-state index contributed by atoms with van der Waals surface area (Å²) in [6.45, 7) is 5.66. The first-order valence-electron chi connectivity index (χ1n) is 5.55. The molecule has 0 amide bonds. The van der Waals surface area contributed by atoms with Crippen LogP contribution in [0.5, 0.6) is 0 Å². The molecule has 0 fully saturated rings. The van der Waals surface area contributed by atoms with Crippen LogP contribution < -0.4 is 4.72 Å². The van der Waals surface area contributed by atoms with Gasteiger partial charge in [0.05, 0.1) is 0 Å². The zero-order chi connectivity index (χ0) is 13.3. The van der Waals surface area contributed by atoms with E-state index in [4.69, 9.17) is 0 Å². The van der Waals surface area contributed by atoms with Gasteiger partial charge in [0, 0.05) is 15.4 Å². The van der Waals surface area contributed by atoms with E-state index in [2.05, 4.69) is 4.72 Å². The summed E-state index contributed by atoms with van der Waals surface area (Å²) in [5.74, 6) is 0. The Morgan fingerprint density at radius 3 is 2.39 bits per heavy atom. The molecule has 3 nitrogen and oxygen atoms in total. The summed E-state index contributed by atoms with van der Waals surface area (Å²) in [5, 5.41) is 0. The number of hydrogen-bond acceptors (Lipinski definition) is 3. The van der Waals surface area contributed by atoms with Crippen LogP contribution in [0.4, 0.5) is 5.69 Å². The van der Waals surface area contributed by atoms with Gasteiger partial charge in [0.1, 0.15) is 4.90 Å². The van der Waals surface area contributed by atoms with Crippen LogP contribution in [0.25, 0.3) is 0 Å². The molecule has 1 N–H and O–H groups in total. The van der Waals surface area contributed by atoms with E-state index in [9.17, 15) is 8.42 Å². The molecule has 5 heteroatoms. The number of thiophene rings is 1. The predicted octanol–water partition coefficient (Wildman–Crippen LogP) is 3.47. The molecule has 2 aromatic rings. The summed E-state index contributed by atoms with van der Waals surface area (Å²) in [4.78, 5) is 2.18. The third-order valence-corrected chi connectivity index (χ3v) is 5.16. The van der Waals surface area contributed by atoms with Gasteiger partial charge < -0.3 is 0 Å². The highest BCUT2D eigenvalue weighted by Crippen LogP contribution is 2.26. The summed E-state index contributed by atoms with van der Waals surface area (Å²) in [5.41, 5.74) is 1.62. The molecule has 0 aliphatic heterocycles. The number of benzene rings is 1. The summed E-state index contributed by atoms with van der Waals surface area (Å²) < 4.78 is 27.1. The summed E-state index contributed by atoms with van der Waals surface area (Å²) in [6.07, 6.45) is 0. The van der Waals surface area contributed by atoms with Crippen LogP contribution in [0.15, 0.2) is 35.2 Å². The van der Waals surface area contributed by atoms with Crippen LogP contribution in [-0.2, 0) is 10.0 Å². The van der Waals surface area contributed by atoms with Gasteiger partial charge in [0.15, 0.2) is 0 Å². The van der Waals surface area contributed by atoms with E-state index in [-0.39, 0.29) is 0 Å². The maximum Gasteiger partial charge on any atom is 0.262 e. The highest BCUT2D eigenvalue weighted by atomic mass is 32.2. The van der Waals surface area contributed by atoms with Crippen LogP contribution >= 0.6 is 11.3 Å². The van der Waals surface area contributed by atoms with Crippen LogP contribution in [-0.4, -0.2) is 8.42 Å². The molecule has 0 aliphatic carbocycles. The largest absolute Gasteiger partial charge is 0.280 e. The van der Waals surface area contributed by atoms with Gasteiger partial charge in [-0.25, -0.2) is 8.42 Å². The van der Waals surface area contributed by atoms with Gasteiger partial charge in [-0.1, -0.05) is 12.1 Å². The van der Waals surface area contributed by atoms with Crippen molar-refractivity contribution in [3.8, 4) is 0 Å². The fourth-order valence-electron chi connectivity index (χ4n) is 1.79. The predicted molar refractivity (Wildman–Crippen MR) is 75.8 cm³/mol. The van der Waals surface area contributed by atoms with Gasteiger partial charge in [-0.3, -0.25) is 4.72 Å². The van der Waals surface area contributed by atoms with Crippen LogP contribution in [0, 0.1) is 20.8 Å². The molecule has 0 saturated carbocycles. The number of sulfonamides is 1. The van der Waals surface area contributed by atoms with Gasteiger partial charge in [0.25, 0.3) is 10.0 Å². The lowest BCUT2D eigenvalue weighted by Gasteiger charge is -2.08. The van der Waals surface area contributed by atoms with Crippen molar-refractivity contribution >= 4 is 27.0 Å². The number of aryl methyl sites for hydroxylation is 3. The molecule has 18 heavy (non-hydrogen) atoms. The molecule has 1 heterocycles. The van der Waals surface area contributed by atoms with Crippen LogP contribution in [0.3, 0.4) is 0 Å². The van der Waals surface area contributed by atoms with Crippen molar-refractivity contribution in [2.24, 2.45) is 0 Å². The second kappa shape index (κ2) is 4.74. The second-order valence-corrected chi connectivity index (χ2v) is 7.36. The number of rotatable bonds is 3. The Balaban J connectivity index is 2.36. The average molecular weight is 281 g/mol.